The van der Waals surface area contributed by atoms with Gasteiger partial charge in [0, 0.05) is 0 Å². The van der Waals surface area contributed by atoms with Crippen LogP contribution in [0.15, 0.2) is 36.4 Å². The second-order valence-electron chi connectivity index (χ2n) is 5.31. The van der Waals surface area contributed by atoms with Gasteiger partial charge in [-0.2, -0.15) is 0 Å². The van der Waals surface area contributed by atoms with Gasteiger partial charge >= 0.3 is 0 Å². The Labute approximate surface area is 124 Å². The molecule has 0 bridgehead atoms. The summed E-state index contributed by atoms with van der Waals surface area (Å²) in [6.07, 6.45) is 0.730. The molecule has 0 spiro atoms. The molecule has 0 aromatic heterocycles. The third-order valence-corrected chi connectivity index (χ3v) is 3.50. The number of nitrogens with one attached hydrogen (secondary N) is 1. The van der Waals surface area contributed by atoms with E-state index in [9.17, 15) is 4.39 Å². The number of rotatable bonds is 5. The largest absolute Gasteiger partial charge is 0.494 e. The lowest BCUT2D eigenvalue weighted by molar-refractivity contribution is 0.384. The SMILES string of the molecule is COc1cc(C(Cc2cc(C)cc(C)c2)NN)ccc1F. The molecule has 2 aromatic rings. The Balaban J connectivity index is 2.27. The average Bonchev–Trinajstić information content (AvgIpc) is 2.44. The fourth-order valence-corrected chi connectivity index (χ4v) is 2.59. The summed E-state index contributed by atoms with van der Waals surface area (Å²) in [5.41, 5.74) is 7.33. The van der Waals surface area contributed by atoms with Crippen LogP contribution in [0.2, 0.25) is 0 Å². The zero-order valence-corrected chi connectivity index (χ0v) is 12.6. The van der Waals surface area contributed by atoms with E-state index in [0.717, 1.165) is 12.0 Å². The minimum absolute atomic E-state index is 0.0966. The number of hydrazine groups is 1. The maximum Gasteiger partial charge on any atom is 0.165 e. The number of aryl methyl sites for hydroxylation is 2. The van der Waals surface area contributed by atoms with Crippen LogP contribution in [0.5, 0.6) is 5.75 Å². The molecular formula is C17H21FN2O. The Hall–Kier alpha value is -1.91. The molecule has 4 heteroatoms. The number of ether oxygens (including phenoxy) is 1. The van der Waals surface area contributed by atoms with Crippen LogP contribution >= 0.6 is 0 Å². The molecule has 1 atom stereocenters. The van der Waals surface area contributed by atoms with Crippen LogP contribution in [-0.2, 0) is 6.42 Å². The van der Waals surface area contributed by atoms with E-state index in [1.165, 1.54) is 29.9 Å². The summed E-state index contributed by atoms with van der Waals surface area (Å²) in [6.45, 7) is 4.14. The van der Waals surface area contributed by atoms with Crippen molar-refractivity contribution in [3.8, 4) is 5.75 Å². The van der Waals surface area contributed by atoms with Gasteiger partial charge in [-0.15, -0.1) is 0 Å². The van der Waals surface area contributed by atoms with Crippen molar-refractivity contribution in [1.29, 1.82) is 0 Å². The minimum Gasteiger partial charge on any atom is -0.494 e. The van der Waals surface area contributed by atoms with Gasteiger partial charge < -0.3 is 4.74 Å². The smallest absolute Gasteiger partial charge is 0.165 e. The van der Waals surface area contributed by atoms with Crippen molar-refractivity contribution in [3.05, 3.63) is 64.5 Å². The first kappa shape index (κ1) is 15.5. The van der Waals surface area contributed by atoms with Gasteiger partial charge in [0.05, 0.1) is 13.2 Å². The van der Waals surface area contributed by atoms with E-state index in [1.807, 2.05) is 0 Å². The van der Waals surface area contributed by atoms with Crippen molar-refractivity contribution in [3.63, 3.8) is 0 Å². The van der Waals surface area contributed by atoms with Crippen LogP contribution in [0.1, 0.15) is 28.3 Å². The average molecular weight is 288 g/mol. The lowest BCUT2D eigenvalue weighted by Gasteiger charge is -2.18. The number of methoxy groups -OCH3 is 1. The monoisotopic (exact) mass is 288 g/mol. The van der Waals surface area contributed by atoms with E-state index in [2.05, 4.69) is 37.5 Å². The zero-order valence-electron chi connectivity index (χ0n) is 12.6. The van der Waals surface area contributed by atoms with Gasteiger partial charge in [-0.1, -0.05) is 35.4 Å². The molecule has 21 heavy (non-hydrogen) atoms. The molecular weight excluding hydrogens is 267 g/mol. The first-order valence-electron chi connectivity index (χ1n) is 6.90. The van der Waals surface area contributed by atoms with E-state index in [4.69, 9.17) is 10.6 Å². The predicted molar refractivity (Wildman–Crippen MR) is 82.6 cm³/mol. The summed E-state index contributed by atoms with van der Waals surface area (Å²) >= 11 is 0. The van der Waals surface area contributed by atoms with Crippen molar-refractivity contribution in [2.45, 2.75) is 26.3 Å². The van der Waals surface area contributed by atoms with Crippen LogP contribution in [-0.4, -0.2) is 7.11 Å². The first-order valence-corrected chi connectivity index (χ1v) is 6.90. The molecule has 0 amide bonds. The molecule has 112 valence electrons. The Morgan fingerprint density at radius 1 is 1.14 bits per heavy atom. The van der Waals surface area contributed by atoms with Crippen LogP contribution in [0, 0.1) is 19.7 Å². The van der Waals surface area contributed by atoms with E-state index >= 15 is 0 Å². The Morgan fingerprint density at radius 3 is 2.38 bits per heavy atom. The number of nitrogens with two attached hydrogens (primary N) is 1. The highest BCUT2D eigenvalue weighted by Crippen LogP contribution is 2.25. The summed E-state index contributed by atoms with van der Waals surface area (Å²) in [4.78, 5) is 0. The Morgan fingerprint density at radius 2 is 1.81 bits per heavy atom. The normalized spacial score (nSPS) is 12.2. The molecule has 0 aliphatic carbocycles. The summed E-state index contributed by atoms with van der Waals surface area (Å²) < 4.78 is 18.5. The van der Waals surface area contributed by atoms with E-state index in [-0.39, 0.29) is 17.6 Å². The van der Waals surface area contributed by atoms with Gasteiger partial charge in [-0.05, 0) is 43.5 Å². The van der Waals surface area contributed by atoms with Gasteiger partial charge in [-0.3, -0.25) is 11.3 Å². The quantitative estimate of drug-likeness (QED) is 0.656. The Bertz CT molecular complexity index is 608. The number of halogens is 1. The summed E-state index contributed by atoms with van der Waals surface area (Å²) in [5, 5.41) is 0. The third kappa shape index (κ3) is 3.80. The maximum absolute atomic E-state index is 13.5. The number of benzene rings is 2. The molecule has 3 nitrogen and oxygen atoms in total. The molecule has 0 fully saturated rings. The van der Waals surface area contributed by atoms with Crippen LogP contribution in [0.3, 0.4) is 0 Å². The van der Waals surface area contributed by atoms with Gasteiger partial charge in [0.15, 0.2) is 11.6 Å². The topological polar surface area (TPSA) is 47.3 Å². The van der Waals surface area contributed by atoms with Crippen LogP contribution in [0.25, 0.3) is 0 Å². The van der Waals surface area contributed by atoms with Gasteiger partial charge in [0.2, 0.25) is 0 Å². The second kappa shape index (κ2) is 6.70. The van der Waals surface area contributed by atoms with Crippen molar-refractivity contribution in [1.82, 2.24) is 5.43 Å². The fourth-order valence-electron chi connectivity index (χ4n) is 2.59. The molecule has 2 rings (SSSR count). The zero-order chi connectivity index (χ0) is 15.4. The standard InChI is InChI=1S/C17H21FN2O/c1-11-6-12(2)8-13(7-11)9-16(20-19)14-4-5-15(18)17(10-14)21-3/h4-8,10,16,20H,9,19H2,1-3H3. The first-order chi connectivity index (χ1) is 10.0. The van der Waals surface area contributed by atoms with Crippen molar-refractivity contribution in [2.24, 2.45) is 5.84 Å². The molecule has 0 aliphatic rings. The van der Waals surface area contributed by atoms with E-state index in [1.54, 1.807) is 12.1 Å². The molecule has 3 N–H and O–H groups in total. The van der Waals surface area contributed by atoms with Crippen molar-refractivity contribution >= 4 is 0 Å². The highest BCUT2D eigenvalue weighted by Gasteiger charge is 2.14. The number of hydrogen-bond acceptors (Lipinski definition) is 3. The molecule has 2 aromatic carbocycles. The Kier molecular flexibility index (Phi) is 4.94. The van der Waals surface area contributed by atoms with Crippen LogP contribution < -0.4 is 16.0 Å². The van der Waals surface area contributed by atoms with E-state index < -0.39 is 0 Å². The summed E-state index contributed by atoms with van der Waals surface area (Å²) in [5.74, 6) is 5.53. The van der Waals surface area contributed by atoms with Crippen LogP contribution in [0.4, 0.5) is 4.39 Å². The highest BCUT2D eigenvalue weighted by molar-refractivity contribution is 5.34. The molecule has 0 aliphatic heterocycles. The minimum atomic E-state index is -0.372. The lowest BCUT2D eigenvalue weighted by Crippen LogP contribution is -2.29. The maximum atomic E-state index is 13.5. The lowest BCUT2D eigenvalue weighted by atomic mass is 9.97. The van der Waals surface area contributed by atoms with Crippen molar-refractivity contribution < 1.29 is 9.13 Å². The van der Waals surface area contributed by atoms with Crippen molar-refractivity contribution in [2.75, 3.05) is 7.11 Å². The molecule has 1 unspecified atom stereocenters. The van der Waals surface area contributed by atoms with Gasteiger partial charge in [0.1, 0.15) is 0 Å². The second-order valence-corrected chi connectivity index (χ2v) is 5.31. The van der Waals surface area contributed by atoms with Gasteiger partial charge in [-0.25, -0.2) is 4.39 Å². The van der Waals surface area contributed by atoms with E-state index in [0.29, 0.717) is 0 Å². The molecule has 0 heterocycles. The third-order valence-electron chi connectivity index (χ3n) is 3.50. The van der Waals surface area contributed by atoms with Gasteiger partial charge in [0.25, 0.3) is 0 Å². The predicted octanol–water partition coefficient (Wildman–Crippen LogP) is 3.20. The molecule has 0 saturated heterocycles. The molecule has 0 saturated carbocycles. The number of hydrogen-bond donors (Lipinski definition) is 2. The highest BCUT2D eigenvalue weighted by atomic mass is 19.1. The molecule has 0 radical (unpaired) electrons. The fraction of sp³-hybridized carbons (Fsp3) is 0.294. The summed E-state index contributed by atoms with van der Waals surface area (Å²) in [6, 6.07) is 11.1. The summed E-state index contributed by atoms with van der Waals surface area (Å²) in [7, 11) is 1.46.